The van der Waals surface area contributed by atoms with Crippen LogP contribution in [0.15, 0.2) is 54.6 Å². The summed E-state index contributed by atoms with van der Waals surface area (Å²) in [4.78, 5) is 23.7. The highest BCUT2D eigenvalue weighted by Crippen LogP contribution is 2.14. The number of hydrogen-bond acceptors (Lipinski definition) is 3. The van der Waals surface area contributed by atoms with E-state index >= 15 is 0 Å². The molecule has 0 bridgehead atoms. The molecule has 0 fully saturated rings. The van der Waals surface area contributed by atoms with Crippen molar-refractivity contribution >= 4 is 29.3 Å². The van der Waals surface area contributed by atoms with Gasteiger partial charge in [0.2, 0.25) is 5.91 Å². The van der Waals surface area contributed by atoms with Crippen LogP contribution in [0.3, 0.4) is 0 Å². The van der Waals surface area contributed by atoms with E-state index < -0.39 is 0 Å². The van der Waals surface area contributed by atoms with Gasteiger partial charge >= 0.3 is 0 Å². The van der Waals surface area contributed by atoms with Crippen molar-refractivity contribution in [1.29, 1.82) is 0 Å². The van der Waals surface area contributed by atoms with Crippen LogP contribution in [-0.4, -0.2) is 24.1 Å². The molecule has 24 heavy (non-hydrogen) atoms. The maximum Gasteiger partial charge on any atom is 0.251 e. The molecule has 0 atom stereocenters. The number of nitrogens with one attached hydrogen (secondary N) is 2. The summed E-state index contributed by atoms with van der Waals surface area (Å²) in [7, 11) is 0. The van der Waals surface area contributed by atoms with Gasteiger partial charge in [0, 0.05) is 23.5 Å². The van der Waals surface area contributed by atoms with Gasteiger partial charge in [0.1, 0.15) is 0 Å². The lowest BCUT2D eigenvalue weighted by molar-refractivity contribution is -0.113. The largest absolute Gasteiger partial charge is 0.352 e. The van der Waals surface area contributed by atoms with E-state index in [0.29, 0.717) is 17.9 Å². The van der Waals surface area contributed by atoms with Crippen LogP contribution in [0.4, 0.5) is 5.69 Å². The highest BCUT2D eigenvalue weighted by Gasteiger charge is 2.05. The molecule has 0 saturated heterocycles. The Labute approximate surface area is 147 Å². The summed E-state index contributed by atoms with van der Waals surface area (Å²) in [6, 6.07) is 16.9. The van der Waals surface area contributed by atoms with Crippen LogP contribution in [-0.2, 0) is 10.5 Å². The molecule has 126 valence electrons. The van der Waals surface area contributed by atoms with Gasteiger partial charge in [-0.2, -0.15) is 0 Å². The number of anilines is 1. The molecule has 0 aliphatic rings. The fraction of sp³-hybridized carbons (Fsp3) is 0.263. The van der Waals surface area contributed by atoms with Crippen LogP contribution in [0.2, 0.25) is 0 Å². The van der Waals surface area contributed by atoms with E-state index in [1.807, 2.05) is 61.5 Å². The minimum Gasteiger partial charge on any atom is -0.352 e. The molecule has 0 heterocycles. The first kappa shape index (κ1) is 18.1. The molecule has 0 aromatic heterocycles. The first-order valence-corrected chi connectivity index (χ1v) is 9.14. The SMILES string of the molecule is CCCNC(=O)c1ccc(CSCC(=O)Nc2ccccc2)cc1. The van der Waals surface area contributed by atoms with Crippen LogP contribution in [0.5, 0.6) is 0 Å². The number of para-hydroxylation sites is 1. The summed E-state index contributed by atoms with van der Waals surface area (Å²) < 4.78 is 0. The zero-order valence-electron chi connectivity index (χ0n) is 13.7. The zero-order valence-corrected chi connectivity index (χ0v) is 14.6. The van der Waals surface area contributed by atoms with E-state index in [0.717, 1.165) is 23.4 Å². The van der Waals surface area contributed by atoms with Gasteiger partial charge in [0.15, 0.2) is 0 Å². The van der Waals surface area contributed by atoms with E-state index in [1.54, 1.807) is 11.8 Å². The lowest BCUT2D eigenvalue weighted by atomic mass is 10.1. The highest BCUT2D eigenvalue weighted by molar-refractivity contribution is 7.99. The number of amides is 2. The Hall–Kier alpha value is -2.27. The molecule has 2 rings (SSSR count). The summed E-state index contributed by atoms with van der Waals surface area (Å²) in [5.74, 6) is 1.08. The quantitative estimate of drug-likeness (QED) is 0.769. The van der Waals surface area contributed by atoms with Crippen molar-refractivity contribution < 1.29 is 9.59 Å². The van der Waals surface area contributed by atoms with Gasteiger partial charge in [-0.05, 0) is 36.2 Å². The van der Waals surface area contributed by atoms with Gasteiger partial charge in [-0.15, -0.1) is 11.8 Å². The smallest absolute Gasteiger partial charge is 0.251 e. The molecule has 0 spiro atoms. The molecule has 2 aromatic carbocycles. The Kier molecular flexibility index (Phi) is 7.36. The summed E-state index contributed by atoms with van der Waals surface area (Å²) in [5.41, 5.74) is 2.57. The van der Waals surface area contributed by atoms with E-state index in [-0.39, 0.29) is 11.8 Å². The van der Waals surface area contributed by atoms with E-state index in [1.165, 1.54) is 0 Å². The van der Waals surface area contributed by atoms with Gasteiger partial charge in [-0.3, -0.25) is 9.59 Å². The molecule has 2 aromatic rings. The van der Waals surface area contributed by atoms with Gasteiger partial charge in [0.05, 0.1) is 5.75 Å². The van der Waals surface area contributed by atoms with Crippen LogP contribution >= 0.6 is 11.8 Å². The van der Waals surface area contributed by atoms with Crippen molar-refractivity contribution in [1.82, 2.24) is 5.32 Å². The van der Waals surface area contributed by atoms with Crippen LogP contribution in [0.25, 0.3) is 0 Å². The number of hydrogen-bond donors (Lipinski definition) is 2. The molecule has 0 unspecified atom stereocenters. The maximum absolute atomic E-state index is 11.9. The summed E-state index contributed by atoms with van der Waals surface area (Å²) in [6.45, 7) is 2.71. The third kappa shape index (κ3) is 6.08. The van der Waals surface area contributed by atoms with Crippen LogP contribution < -0.4 is 10.6 Å². The lowest BCUT2D eigenvalue weighted by Crippen LogP contribution is -2.23. The Balaban J connectivity index is 1.74. The molecule has 4 nitrogen and oxygen atoms in total. The zero-order chi connectivity index (χ0) is 17.2. The number of carbonyl (C=O) groups is 2. The third-order valence-corrected chi connectivity index (χ3v) is 4.31. The molecular formula is C19H22N2O2S. The number of benzene rings is 2. The van der Waals surface area contributed by atoms with Crippen molar-refractivity contribution in [3.8, 4) is 0 Å². The molecule has 2 N–H and O–H groups in total. The fourth-order valence-electron chi connectivity index (χ4n) is 2.07. The number of thioether (sulfide) groups is 1. The van der Waals surface area contributed by atoms with Crippen molar-refractivity contribution in [3.63, 3.8) is 0 Å². The maximum atomic E-state index is 11.9. The Morgan fingerprint density at radius 1 is 1.00 bits per heavy atom. The second-order valence-corrected chi connectivity index (χ2v) is 6.35. The predicted octanol–water partition coefficient (Wildman–Crippen LogP) is 3.70. The topological polar surface area (TPSA) is 58.2 Å². The molecule has 2 amide bonds. The van der Waals surface area contributed by atoms with Gasteiger partial charge in [-0.1, -0.05) is 37.3 Å². The minimum absolute atomic E-state index is 0.0123. The standard InChI is InChI=1S/C19H22N2O2S/c1-2-12-20-19(23)16-10-8-15(9-11-16)13-24-14-18(22)21-17-6-4-3-5-7-17/h3-11H,2,12-14H2,1H3,(H,20,23)(H,21,22). The molecule has 0 radical (unpaired) electrons. The first-order chi connectivity index (χ1) is 11.7. The Morgan fingerprint density at radius 3 is 2.38 bits per heavy atom. The van der Waals surface area contributed by atoms with E-state index in [9.17, 15) is 9.59 Å². The summed E-state index contributed by atoms with van der Waals surface area (Å²) >= 11 is 1.55. The highest BCUT2D eigenvalue weighted by atomic mass is 32.2. The molecule has 5 heteroatoms. The number of rotatable bonds is 8. The minimum atomic E-state index is -0.0432. The van der Waals surface area contributed by atoms with E-state index in [4.69, 9.17) is 0 Å². The lowest BCUT2D eigenvalue weighted by Gasteiger charge is -2.06. The first-order valence-electron chi connectivity index (χ1n) is 7.99. The fourth-order valence-corrected chi connectivity index (χ4v) is 2.86. The van der Waals surface area contributed by atoms with Gasteiger partial charge < -0.3 is 10.6 Å². The van der Waals surface area contributed by atoms with Crippen molar-refractivity contribution in [2.75, 3.05) is 17.6 Å². The average molecular weight is 342 g/mol. The Bertz CT molecular complexity index is 657. The molecule has 0 aliphatic heterocycles. The third-order valence-electron chi connectivity index (χ3n) is 3.31. The summed E-state index contributed by atoms with van der Waals surface area (Å²) in [6.07, 6.45) is 0.922. The molecule has 0 saturated carbocycles. The molecule has 0 aliphatic carbocycles. The molecular weight excluding hydrogens is 320 g/mol. The van der Waals surface area contributed by atoms with Crippen LogP contribution in [0.1, 0.15) is 29.3 Å². The van der Waals surface area contributed by atoms with Crippen LogP contribution in [0, 0.1) is 0 Å². The second-order valence-electron chi connectivity index (χ2n) is 5.36. The predicted molar refractivity (Wildman–Crippen MR) is 100 cm³/mol. The summed E-state index contributed by atoms with van der Waals surface area (Å²) in [5, 5.41) is 5.71. The monoisotopic (exact) mass is 342 g/mol. The number of carbonyl (C=O) groups excluding carboxylic acids is 2. The van der Waals surface area contributed by atoms with Crippen molar-refractivity contribution in [3.05, 3.63) is 65.7 Å². The van der Waals surface area contributed by atoms with E-state index in [2.05, 4.69) is 10.6 Å². The van der Waals surface area contributed by atoms with Crippen molar-refractivity contribution in [2.24, 2.45) is 0 Å². The van der Waals surface area contributed by atoms with Gasteiger partial charge in [0.25, 0.3) is 5.91 Å². The second kappa shape index (κ2) is 9.78. The van der Waals surface area contributed by atoms with Crippen molar-refractivity contribution in [2.45, 2.75) is 19.1 Å². The normalized spacial score (nSPS) is 10.2. The van der Waals surface area contributed by atoms with Gasteiger partial charge in [-0.25, -0.2) is 0 Å². The average Bonchev–Trinajstić information content (AvgIpc) is 2.61. The Morgan fingerprint density at radius 2 is 1.71 bits per heavy atom.